The first-order valence-electron chi connectivity index (χ1n) is 8.38. The minimum absolute atomic E-state index is 0.0589. The van der Waals surface area contributed by atoms with E-state index < -0.39 is 5.41 Å². The summed E-state index contributed by atoms with van der Waals surface area (Å²) in [5.41, 5.74) is 5.37. The average molecular weight is 311 g/mol. The van der Waals surface area contributed by atoms with Gasteiger partial charge in [0.15, 0.2) is 0 Å². The van der Waals surface area contributed by atoms with Crippen molar-refractivity contribution in [2.75, 3.05) is 19.6 Å². The Morgan fingerprint density at radius 2 is 1.76 bits per heavy atom. The first-order valence-corrected chi connectivity index (χ1v) is 8.79. The van der Waals surface area contributed by atoms with Gasteiger partial charge in [-0.2, -0.15) is 0 Å². The van der Waals surface area contributed by atoms with Crippen LogP contribution in [0.3, 0.4) is 0 Å². The lowest BCUT2D eigenvalue weighted by Gasteiger charge is -2.32. The van der Waals surface area contributed by atoms with Crippen molar-refractivity contribution in [3.63, 3.8) is 0 Å². The monoisotopic (exact) mass is 311 g/mol. The fourth-order valence-corrected chi connectivity index (χ4v) is 3.97. The highest BCUT2D eigenvalue weighted by Crippen LogP contribution is 2.36. The standard InChI is InChI=1S/C16H29N3OS/c1-13(12-19-10-6-7-11-19)18-15(20)16(14(17)21)8-4-2-3-5-9-16/h13H,2-12H2,1H3,(H2,17,21)(H,18,20). The van der Waals surface area contributed by atoms with Crippen LogP contribution in [0.2, 0.25) is 0 Å². The van der Waals surface area contributed by atoms with Gasteiger partial charge in [-0.05, 0) is 45.7 Å². The summed E-state index contributed by atoms with van der Waals surface area (Å²) >= 11 is 5.27. The summed E-state index contributed by atoms with van der Waals surface area (Å²) in [5.74, 6) is 0.0589. The van der Waals surface area contributed by atoms with E-state index in [2.05, 4.69) is 17.1 Å². The molecule has 120 valence electrons. The molecule has 2 rings (SSSR count). The van der Waals surface area contributed by atoms with E-state index in [4.69, 9.17) is 18.0 Å². The van der Waals surface area contributed by atoms with Crippen LogP contribution in [0.1, 0.15) is 58.3 Å². The van der Waals surface area contributed by atoms with E-state index in [1.54, 1.807) is 0 Å². The van der Waals surface area contributed by atoms with Gasteiger partial charge in [-0.25, -0.2) is 0 Å². The molecule has 0 spiro atoms. The minimum Gasteiger partial charge on any atom is -0.392 e. The van der Waals surface area contributed by atoms with Gasteiger partial charge >= 0.3 is 0 Å². The number of hydrogen-bond acceptors (Lipinski definition) is 3. The molecule has 0 aromatic heterocycles. The van der Waals surface area contributed by atoms with Gasteiger partial charge in [0.05, 0.1) is 10.4 Å². The van der Waals surface area contributed by atoms with Gasteiger partial charge < -0.3 is 16.0 Å². The second-order valence-corrected chi connectivity index (χ2v) is 7.18. The Hall–Kier alpha value is -0.680. The van der Waals surface area contributed by atoms with Crippen LogP contribution >= 0.6 is 12.2 Å². The van der Waals surface area contributed by atoms with E-state index in [0.29, 0.717) is 4.99 Å². The summed E-state index contributed by atoms with van der Waals surface area (Å²) in [5, 5.41) is 3.18. The van der Waals surface area contributed by atoms with Crippen molar-refractivity contribution in [1.82, 2.24) is 10.2 Å². The fraction of sp³-hybridized carbons (Fsp3) is 0.875. The summed E-state index contributed by atoms with van der Waals surface area (Å²) in [6.07, 6.45) is 8.63. The molecule has 1 amide bonds. The highest BCUT2D eigenvalue weighted by atomic mass is 32.1. The molecule has 1 unspecified atom stereocenters. The van der Waals surface area contributed by atoms with Gasteiger partial charge in [0, 0.05) is 12.6 Å². The second-order valence-electron chi connectivity index (χ2n) is 6.74. The number of nitrogens with zero attached hydrogens (tertiary/aromatic N) is 1. The molecule has 1 aliphatic heterocycles. The highest BCUT2D eigenvalue weighted by molar-refractivity contribution is 7.80. The second kappa shape index (κ2) is 7.54. The molecule has 2 aliphatic rings. The normalized spacial score (nSPS) is 24.2. The zero-order chi connectivity index (χ0) is 15.3. The molecule has 1 saturated carbocycles. The molecule has 1 saturated heterocycles. The van der Waals surface area contributed by atoms with Gasteiger partial charge in [-0.1, -0.05) is 37.9 Å². The quantitative estimate of drug-likeness (QED) is 0.604. The molecule has 1 heterocycles. The van der Waals surface area contributed by atoms with Crippen molar-refractivity contribution in [3.8, 4) is 0 Å². The summed E-state index contributed by atoms with van der Waals surface area (Å²) in [6, 6.07) is 0.157. The predicted octanol–water partition coefficient (Wildman–Crippen LogP) is 2.21. The molecular formula is C16H29N3OS. The zero-order valence-electron chi connectivity index (χ0n) is 13.2. The summed E-state index contributed by atoms with van der Waals surface area (Å²) in [6.45, 7) is 5.32. The predicted molar refractivity (Wildman–Crippen MR) is 90.2 cm³/mol. The molecule has 2 fully saturated rings. The van der Waals surface area contributed by atoms with Crippen LogP contribution in [-0.4, -0.2) is 41.5 Å². The molecule has 21 heavy (non-hydrogen) atoms. The van der Waals surface area contributed by atoms with Gasteiger partial charge in [0.2, 0.25) is 5.91 Å². The smallest absolute Gasteiger partial charge is 0.233 e. The Balaban J connectivity index is 1.95. The lowest BCUT2D eigenvalue weighted by Crippen LogP contribution is -2.52. The SMILES string of the molecule is CC(CN1CCCC1)NC(=O)C1(C(N)=S)CCCCCC1. The fourth-order valence-electron chi connectivity index (χ4n) is 3.68. The van der Waals surface area contributed by atoms with Crippen molar-refractivity contribution in [2.45, 2.75) is 64.3 Å². The molecule has 0 aromatic carbocycles. The van der Waals surface area contributed by atoms with E-state index in [-0.39, 0.29) is 11.9 Å². The Kier molecular flexibility index (Phi) is 5.99. The third-order valence-electron chi connectivity index (χ3n) is 4.97. The first kappa shape index (κ1) is 16.7. The number of carbonyl (C=O) groups is 1. The van der Waals surface area contributed by atoms with E-state index in [0.717, 1.165) is 45.3 Å². The number of nitrogens with one attached hydrogen (secondary N) is 1. The number of nitrogens with two attached hydrogens (primary N) is 1. The molecule has 4 nitrogen and oxygen atoms in total. The summed E-state index contributed by atoms with van der Waals surface area (Å²) < 4.78 is 0. The van der Waals surface area contributed by atoms with E-state index in [1.807, 2.05) is 0 Å². The Bertz CT molecular complexity index is 372. The maximum atomic E-state index is 12.8. The van der Waals surface area contributed by atoms with Gasteiger partial charge in [0.1, 0.15) is 0 Å². The highest BCUT2D eigenvalue weighted by Gasteiger charge is 2.41. The van der Waals surface area contributed by atoms with Crippen LogP contribution < -0.4 is 11.1 Å². The number of thiocarbonyl (C=S) groups is 1. The molecule has 0 bridgehead atoms. The molecule has 0 radical (unpaired) electrons. The molecular weight excluding hydrogens is 282 g/mol. The Labute approximate surface area is 133 Å². The summed E-state index contributed by atoms with van der Waals surface area (Å²) in [4.78, 5) is 15.6. The molecule has 3 N–H and O–H groups in total. The van der Waals surface area contributed by atoms with E-state index in [9.17, 15) is 4.79 Å². The van der Waals surface area contributed by atoms with Crippen molar-refractivity contribution < 1.29 is 4.79 Å². The maximum Gasteiger partial charge on any atom is 0.233 e. The zero-order valence-corrected chi connectivity index (χ0v) is 14.0. The lowest BCUT2D eigenvalue weighted by molar-refractivity contribution is -0.128. The molecule has 0 aromatic rings. The van der Waals surface area contributed by atoms with Crippen molar-refractivity contribution in [3.05, 3.63) is 0 Å². The lowest BCUT2D eigenvalue weighted by atomic mass is 9.79. The van der Waals surface area contributed by atoms with Gasteiger partial charge in [0.25, 0.3) is 0 Å². The van der Waals surface area contributed by atoms with E-state index >= 15 is 0 Å². The first-order chi connectivity index (χ1) is 10.0. The van der Waals surface area contributed by atoms with Crippen molar-refractivity contribution in [1.29, 1.82) is 0 Å². The van der Waals surface area contributed by atoms with Crippen LogP contribution in [-0.2, 0) is 4.79 Å². The largest absolute Gasteiger partial charge is 0.392 e. The number of carbonyl (C=O) groups excluding carboxylic acids is 1. The van der Waals surface area contributed by atoms with Gasteiger partial charge in [-0.15, -0.1) is 0 Å². The van der Waals surface area contributed by atoms with Crippen LogP contribution in [0.5, 0.6) is 0 Å². The maximum absolute atomic E-state index is 12.8. The number of amides is 1. The number of likely N-dealkylation sites (tertiary alicyclic amines) is 1. The van der Waals surface area contributed by atoms with Crippen LogP contribution in [0, 0.1) is 5.41 Å². The Morgan fingerprint density at radius 1 is 1.19 bits per heavy atom. The average Bonchev–Trinajstić information content (AvgIpc) is 2.79. The third-order valence-corrected chi connectivity index (χ3v) is 5.36. The van der Waals surface area contributed by atoms with Gasteiger partial charge in [-0.3, -0.25) is 4.79 Å². The van der Waals surface area contributed by atoms with Crippen LogP contribution in [0.25, 0.3) is 0 Å². The number of hydrogen-bond donors (Lipinski definition) is 2. The third kappa shape index (κ3) is 4.16. The number of rotatable bonds is 5. The topological polar surface area (TPSA) is 58.4 Å². The summed E-state index contributed by atoms with van der Waals surface area (Å²) in [7, 11) is 0. The molecule has 1 aliphatic carbocycles. The minimum atomic E-state index is -0.606. The van der Waals surface area contributed by atoms with Crippen molar-refractivity contribution in [2.24, 2.45) is 11.1 Å². The van der Waals surface area contributed by atoms with Crippen LogP contribution in [0.4, 0.5) is 0 Å². The Morgan fingerprint density at radius 3 is 2.29 bits per heavy atom. The van der Waals surface area contributed by atoms with E-state index in [1.165, 1.54) is 25.7 Å². The van der Waals surface area contributed by atoms with Crippen LogP contribution in [0.15, 0.2) is 0 Å². The molecule has 5 heteroatoms. The van der Waals surface area contributed by atoms with Crippen molar-refractivity contribution >= 4 is 23.1 Å². The molecule has 1 atom stereocenters.